The van der Waals surface area contributed by atoms with Gasteiger partial charge in [-0.2, -0.15) is 0 Å². The minimum absolute atomic E-state index is 0.284. The molecule has 0 atom stereocenters. The number of hydrogen-bond acceptors (Lipinski definition) is 4. The first-order chi connectivity index (χ1) is 6.65. The summed E-state index contributed by atoms with van der Waals surface area (Å²) >= 11 is 18.4. The quantitative estimate of drug-likeness (QED) is 0.741. The zero-order valence-electron chi connectivity index (χ0n) is 6.54. The molecular formula is C7H2Cl3N3S. The van der Waals surface area contributed by atoms with Gasteiger partial charge in [-0.05, 0) is 0 Å². The van der Waals surface area contributed by atoms with Crippen molar-refractivity contribution >= 4 is 46.1 Å². The molecule has 2 rings (SSSR count). The molecule has 0 unspecified atom stereocenters. The molecule has 0 amide bonds. The smallest absolute Gasteiger partial charge is 0.191 e. The van der Waals surface area contributed by atoms with Crippen LogP contribution in [0.3, 0.4) is 0 Å². The summed E-state index contributed by atoms with van der Waals surface area (Å²) in [5.41, 5.74) is 0. The lowest BCUT2D eigenvalue weighted by molar-refractivity contribution is 1.16. The Kier molecular flexibility index (Phi) is 2.88. The number of thiazole rings is 1. The van der Waals surface area contributed by atoms with Crippen LogP contribution in [0.1, 0.15) is 0 Å². The van der Waals surface area contributed by atoms with Crippen LogP contribution in [0.5, 0.6) is 0 Å². The zero-order valence-corrected chi connectivity index (χ0v) is 9.62. The van der Waals surface area contributed by atoms with Crippen molar-refractivity contribution in [1.29, 1.82) is 0 Å². The maximum atomic E-state index is 5.72. The summed E-state index contributed by atoms with van der Waals surface area (Å²) < 4.78 is 0.569. The first-order valence-corrected chi connectivity index (χ1v) is 5.42. The van der Waals surface area contributed by atoms with Gasteiger partial charge in [0.25, 0.3) is 0 Å². The fourth-order valence-electron chi connectivity index (χ4n) is 0.844. The molecule has 0 saturated heterocycles. The van der Waals surface area contributed by atoms with Crippen molar-refractivity contribution in [2.45, 2.75) is 0 Å². The van der Waals surface area contributed by atoms with Crippen molar-refractivity contribution < 1.29 is 0 Å². The highest BCUT2D eigenvalue weighted by atomic mass is 35.5. The zero-order chi connectivity index (χ0) is 10.1. The van der Waals surface area contributed by atoms with Crippen LogP contribution in [-0.4, -0.2) is 15.0 Å². The van der Waals surface area contributed by atoms with Crippen molar-refractivity contribution in [2.75, 3.05) is 0 Å². The predicted octanol–water partition coefficient (Wildman–Crippen LogP) is 3.56. The molecule has 0 aromatic carbocycles. The standard InChI is InChI=1S/C7H2Cl3N3S/c8-3-1-4(9)13-6(12-3)7-11-2-5(10)14-7/h1-2H. The second kappa shape index (κ2) is 3.98. The Morgan fingerprint density at radius 1 is 1.07 bits per heavy atom. The van der Waals surface area contributed by atoms with Gasteiger partial charge in [-0.1, -0.05) is 46.1 Å². The van der Waals surface area contributed by atoms with Crippen LogP contribution in [0.4, 0.5) is 0 Å². The van der Waals surface area contributed by atoms with E-state index in [9.17, 15) is 0 Å². The number of aromatic nitrogens is 3. The van der Waals surface area contributed by atoms with Gasteiger partial charge in [0, 0.05) is 6.07 Å². The van der Waals surface area contributed by atoms with Crippen LogP contribution in [0.25, 0.3) is 10.8 Å². The molecule has 0 N–H and O–H groups in total. The van der Waals surface area contributed by atoms with Gasteiger partial charge >= 0.3 is 0 Å². The first kappa shape index (κ1) is 10.1. The summed E-state index contributed by atoms with van der Waals surface area (Å²) in [5, 5.41) is 1.16. The fraction of sp³-hybridized carbons (Fsp3) is 0. The average molecular weight is 267 g/mol. The Bertz CT molecular complexity index is 451. The van der Waals surface area contributed by atoms with Crippen LogP contribution in [0, 0.1) is 0 Å². The molecule has 7 heteroatoms. The van der Waals surface area contributed by atoms with Crippen LogP contribution < -0.4 is 0 Å². The fourth-order valence-corrected chi connectivity index (χ4v) is 2.11. The maximum Gasteiger partial charge on any atom is 0.191 e. The third-order valence-corrected chi connectivity index (χ3v) is 2.83. The number of hydrogen-bond donors (Lipinski definition) is 0. The lowest BCUT2D eigenvalue weighted by Crippen LogP contribution is -1.88. The van der Waals surface area contributed by atoms with Crippen molar-refractivity contribution in [1.82, 2.24) is 15.0 Å². The molecule has 0 aliphatic rings. The van der Waals surface area contributed by atoms with Crippen LogP contribution >= 0.6 is 46.1 Å². The van der Waals surface area contributed by atoms with Crippen LogP contribution in [0.15, 0.2) is 12.3 Å². The molecule has 3 nitrogen and oxygen atoms in total. The number of nitrogens with zero attached hydrogens (tertiary/aromatic N) is 3. The lowest BCUT2D eigenvalue weighted by Gasteiger charge is -1.96. The molecule has 0 aliphatic heterocycles. The van der Waals surface area contributed by atoms with Gasteiger partial charge in [0.05, 0.1) is 6.20 Å². The maximum absolute atomic E-state index is 5.72. The summed E-state index contributed by atoms with van der Waals surface area (Å²) in [6.07, 6.45) is 1.53. The monoisotopic (exact) mass is 265 g/mol. The van der Waals surface area contributed by atoms with E-state index < -0.39 is 0 Å². The molecule has 72 valence electrons. The second-order valence-electron chi connectivity index (χ2n) is 2.31. The van der Waals surface area contributed by atoms with Gasteiger partial charge in [-0.15, -0.1) is 0 Å². The van der Waals surface area contributed by atoms with E-state index in [4.69, 9.17) is 34.8 Å². The Morgan fingerprint density at radius 3 is 2.21 bits per heavy atom. The normalized spacial score (nSPS) is 10.5. The lowest BCUT2D eigenvalue weighted by atomic mass is 10.6. The third kappa shape index (κ3) is 2.15. The highest BCUT2D eigenvalue weighted by Gasteiger charge is 2.08. The first-order valence-electron chi connectivity index (χ1n) is 3.47. The van der Waals surface area contributed by atoms with Gasteiger partial charge < -0.3 is 0 Å². The largest absolute Gasteiger partial charge is 0.240 e. The van der Waals surface area contributed by atoms with Gasteiger partial charge in [-0.25, -0.2) is 15.0 Å². The summed E-state index contributed by atoms with van der Waals surface area (Å²) in [6.45, 7) is 0. The molecule has 0 fully saturated rings. The Labute approximate surface area is 98.7 Å². The van der Waals surface area contributed by atoms with E-state index in [-0.39, 0.29) is 10.3 Å². The van der Waals surface area contributed by atoms with Gasteiger partial charge in [-0.3, -0.25) is 0 Å². The topological polar surface area (TPSA) is 38.7 Å². The highest BCUT2D eigenvalue weighted by molar-refractivity contribution is 7.18. The Balaban J connectivity index is 2.51. The average Bonchev–Trinajstić information content (AvgIpc) is 2.50. The molecule has 2 heterocycles. The summed E-state index contributed by atoms with van der Waals surface area (Å²) in [4.78, 5) is 12.0. The van der Waals surface area contributed by atoms with E-state index in [0.29, 0.717) is 15.2 Å². The highest BCUT2D eigenvalue weighted by Crippen LogP contribution is 2.27. The van der Waals surface area contributed by atoms with Crippen molar-refractivity contribution in [3.63, 3.8) is 0 Å². The van der Waals surface area contributed by atoms with E-state index in [1.807, 2.05) is 0 Å². The van der Waals surface area contributed by atoms with Gasteiger partial charge in [0.2, 0.25) is 0 Å². The molecule has 14 heavy (non-hydrogen) atoms. The minimum Gasteiger partial charge on any atom is -0.240 e. The molecular weight excluding hydrogens is 265 g/mol. The van der Waals surface area contributed by atoms with Crippen molar-refractivity contribution in [3.05, 3.63) is 26.9 Å². The molecule has 0 radical (unpaired) electrons. The van der Waals surface area contributed by atoms with Crippen LogP contribution in [-0.2, 0) is 0 Å². The van der Waals surface area contributed by atoms with Crippen molar-refractivity contribution in [3.8, 4) is 10.8 Å². The van der Waals surface area contributed by atoms with Crippen LogP contribution in [0.2, 0.25) is 14.6 Å². The van der Waals surface area contributed by atoms with E-state index in [1.54, 1.807) is 0 Å². The van der Waals surface area contributed by atoms with Gasteiger partial charge in [0.1, 0.15) is 14.6 Å². The molecule has 0 aliphatic carbocycles. The Morgan fingerprint density at radius 2 is 1.71 bits per heavy atom. The summed E-state index contributed by atoms with van der Waals surface area (Å²) in [6, 6.07) is 1.46. The molecule has 0 saturated carbocycles. The Hall–Kier alpha value is -0.420. The van der Waals surface area contributed by atoms with E-state index >= 15 is 0 Å². The molecule has 0 bridgehead atoms. The summed E-state index contributed by atoms with van der Waals surface area (Å²) in [5.74, 6) is 0.388. The second-order valence-corrected chi connectivity index (χ2v) is 4.74. The molecule has 2 aromatic heterocycles. The van der Waals surface area contributed by atoms with Gasteiger partial charge in [0.15, 0.2) is 10.8 Å². The van der Waals surface area contributed by atoms with Crippen molar-refractivity contribution in [2.24, 2.45) is 0 Å². The van der Waals surface area contributed by atoms with E-state index in [1.165, 1.54) is 23.6 Å². The number of halogens is 3. The minimum atomic E-state index is 0.284. The van der Waals surface area contributed by atoms with E-state index in [0.717, 1.165) is 0 Å². The molecule has 0 spiro atoms. The molecule has 2 aromatic rings. The third-order valence-electron chi connectivity index (χ3n) is 1.33. The summed E-state index contributed by atoms with van der Waals surface area (Å²) in [7, 11) is 0. The van der Waals surface area contributed by atoms with E-state index in [2.05, 4.69) is 15.0 Å². The SMILES string of the molecule is Clc1cc(Cl)nc(-c2ncc(Cl)s2)n1. The predicted molar refractivity (Wildman–Crippen MR) is 58.2 cm³/mol. The number of rotatable bonds is 1.